The fourth-order valence-corrected chi connectivity index (χ4v) is 2.30. The zero-order valence-electron chi connectivity index (χ0n) is 12.1. The van der Waals surface area contributed by atoms with Crippen molar-refractivity contribution in [3.05, 3.63) is 29.8 Å². The first-order valence-corrected chi connectivity index (χ1v) is 7.61. The van der Waals surface area contributed by atoms with Crippen molar-refractivity contribution in [2.45, 2.75) is 32.3 Å². The van der Waals surface area contributed by atoms with Crippen LogP contribution in [0.1, 0.15) is 31.7 Å². The summed E-state index contributed by atoms with van der Waals surface area (Å²) in [5.74, 6) is 0.246. The molecule has 114 valence electrons. The number of hydrogen-bond acceptors (Lipinski definition) is 4. The van der Waals surface area contributed by atoms with Gasteiger partial charge in [-0.25, -0.2) is 0 Å². The fourth-order valence-electron chi connectivity index (χ4n) is 2.17. The van der Waals surface area contributed by atoms with Gasteiger partial charge in [-0.15, -0.1) is 0 Å². The summed E-state index contributed by atoms with van der Waals surface area (Å²) in [5.41, 5.74) is 4.71. The summed E-state index contributed by atoms with van der Waals surface area (Å²) in [6.07, 6.45) is 3.21. The predicted octanol–water partition coefficient (Wildman–Crippen LogP) is 2.15. The summed E-state index contributed by atoms with van der Waals surface area (Å²) in [6.45, 7) is 3.57. The number of phenols is 1. The van der Waals surface area contributed by atoms with Crippen LogP contribution < -0.4 is 10.7 Å². The summed E-state index contributed by atoms with van der Waals surface area (Å²) < 4.78 is 5.52. The molecule has 1 aliphatic rings. The maximum atomic E-state index is 9.30. The van der Waals surface area contributed by atoms with Crippen LogP contribution >= 0.6 is 12.2 Å². The van der Waals surface area contributed by atoms with Crippen molar-refractivity contribution in [3.63, 3.8) is 0 Å². The van der Waals surface area contributed by atoms with E-state index in [-0.39, 0.29) is 11.9 Å². The molecule has 21 heavy (non-hydrogen) atoms. The second-order valence-electron chi connectivity index (χ2n) is 4.92. The first-order valence-electron chi connectivity index (χ1n) is 7.20. The molecular formula is C15H21N3O2S. The molecule has 3 N–H and O–H groups in total. The number of hydrazone groups is 1. The molecule has 0 bridgehead atoms. The summed E-state index contributed by atoms with van der Waals surface area (Å²) in [4.78, 5) is 0. The van der Waals surface area contributed by atoms with Crippen LogP contribution in [0.5, 0.6) is 5.75 Å². The Morgan fingerprint density at radius 2 is 2.19 bits per heavy atom. The Balaban J connectivity index is 1.84. The summed E-state index contributed by atoms with van der Waals surface area (Å²) in [7, 11) is 0. The Bertz CT molecular complexity index is 496. The van der Waals surface area contributed by atoms with Crippen LogP contribution in [0.15, 0.2) is 29.4 Å². The highest BCUT2D eigenvalue weighted by Gasteiger charge is 2.15. The Labute approximate surface area is 130 Å². The van der Waals surface area contributed by atoms with Gasteiger partial charge in [-0.3, -0.25) is 5.43 Å². The minimum Gasteiger partial charge on any atom is -0.508 e. The molecule has 0 amide bonds. The van der Waals surface area contributed by atoms with Crippen molar-refractivity contribution in [2.75, 3.05) is 13.2 Å². The van der Waals surface area contributed by atoms with E-state index in [0.717, 1.165) is 37.1 Å². The van der Waals surface area contributed by atoms with E-state index in [1.165, 1.54) is 0 Å². The molecule has 6 heteroatoms. The molecule has 0 radical (unpaired) electrons. The quantitative estimate of drug-likeness (QED) is 0.442. The van der Waals surface area contributed by atoms with Gasteiger partial charge in [-0.2, -0.15) is 5.10 Å². The SMILES string of the molecule is CC/C(=N\NC(=S)NC[C@H]1CCCO1)c1ccc(O)cc1. The van der Waals surface area contributed by atoms with Gasteiger partial charge < -0.3 is 15.2 Å². The average molecular weight is 307 g/mol. The Hall–Kier alpha value is -1.66. The maximum absolute atomic E-state index is 9.30. The van der Waals surface area contributed by atoms with Crippen molar-refractivity contribution < 1.29 is 9.84 Å². The molecular weight excluding hydrogens is 286 g/mol. The largest absolute Gasteiger partial charge is 0.508 e. The van der Waals surface area contributed by atoms with Crippen LogP contribution in [0.25, 0.3) is 0 Å². The summed E-state index contributed by atoms with van der Waals surface area (Å²) in [6, 6.07) is 6.97. The highest BCUT2D eigenvalue weighted by Crippen LogP contribution is 2.12. The third-order valence-electron chi connectivity index (χ3n) is 3.34. The molecule has 0 aliphatic carbocycles. The van der Waals surface area contributed by atoms with Crippen molar-refractivity contribution >= 4 is 23.0 Å². The summed E-state index contributed by atoms with van der Waals surface area (Å²) >= 11 is 5.20. The van der Waals surface area contributed by atoms with Crippen LogP contribution in [0.2, 0.25) is 0 Å². The van der Waals surface area contributed by atoms with E-state index < -0.39 is 0 Å². The van der Waals surface area contributed by atoms with Crippen molar-refractivity contribution in [1.82, 2.24) is 10.7 Å². The smallest absolute Gasteiger partial charge is 0.187 e. The number of phenolic OH excluding ortho intramolecular Hbond substituents is 1. The van der Waals surface area contributed by atoms with Gasteiger partial charge in [0, 0.05) is 13.2 Å². The Morgan fingerprint density at radius 1 is 1.43 bits per heavy atom. The van der Waals surface area contributed by atoms with Gasteiger partial charge in [0.15, 0.2) is 5.11 Å². The fraction of sp³-hybridized carbons (Fsp3) is 0.467. The minimum absolute atomic E-state index is 0.246. The molecule has 5 nitrogen and oxygen atoms in total. The molecule has 0 saturated carbocycles. The van der Waals surface area contributed by atoms with Crippen LogP contribution in [0.4, 0.5) is 0 Å². The van der Waals surface area contributed by atoms with Crippen LogP contribution in [-0.4, -0.2) is 35.2 Å². The first kappa shape index (κ1) is 15.7. The van der Waals surface area contributed by atoms with E-state index in [4.69, 9.17) is 17.0 Å². The van der Waals surface area contributed by atoms with Crippen LogP contribution in [0.3, 0.4) is 0 Å². The lowest BCUT2D eigenvalue weighted by Gasteiger charge is -2.12. The second kappa shape index (κ2) is 7.95. The molecule has 1 saturated heterocycles. The number of hydrogen-bond donors (Lipinski definition) is 3. The number of aromatic hydroxyl groups is 1. The van der Waals surface area contributed by atoms with E-state index in [1.54, 1.807) is 12.1 Å². The number of thiocarbonyl (C=S) groups is 1. The molecule has 1 aliphatic heterocycles. The first-order chi connectivity index (χ1) is 10.2. The lowest BCUT2D eigenvalue weighted by atomic mass is 10.1. The van der Waals surface area contributed by atoms with Gasteiger partial charge in [-0.05, 0) is 61.3 Å². The summed E-state index contributed by atoms with van der Waals surface area (Å²) in [5, 5.41) is 17.2. The molecule has 2 rings (SSSR count). The van der Waals surface area contributed by atoms with Crippen LogP contribution in [0, 0.1) is 0 Å². The zero-order chi connectivity index (χ0) is 15.1. The molecule has 1 heterocycles. The minimum atomic E-state index is 0.246. The van der Waals surface area contributed by atoms with E-state index in [1.807, 2.05) is 19.1 Å². The molecule has 1 fully saturated rings. The highest BCUT2D eigenvalue weighted by atomic mass is 32.1. The van der Waals surface area contributed by atoms with Crippen molar-refractivity contribution in [1.29, 1.82) is 0 Å². The number of rotatable bonds is 5. The van der Waals surface area contributed by atoms with Gasteiger partial charge in [-0.1, -0.05) is 6.92 Å². The van der Waals surface area contributed by atoms with Gasteiger partial charge in [0.25, 0.3) is 0 Å². The standard InChI is InChI=1S/C15H21N3O2S/c1-2-14(11-5-7-12(19)8-6-11)17-18-15(21)16-10-13-4-3-9-20-13/h5-8,13,19H,2-4,9-10H2,1H3,(H2,16,18,21)/b17-14+/t13-/m1/s1. The Morgan fingerprint density at radius 3 is 2.81 bits per heavy atom. The zero-order valence-corrected chi connectivity index (χ0v) is 12.9. The predicted molar refractivity (Wildman–Crippen MR) is 87.6 cm³/mol. The third kappa shape index (κ3) is 4.99. The number of nitrogens with one attached hydrogen (secondary N) is 2. The van der Waals surface area contributed by atoms with Gasteiger partial charge in [0.1, 0.15) is 5.75 Å². The van der Waals surface area contributed by atoms with E-state index in [2.05, 4.69) is 15.8 Å². The van der Waals surface area contributed by atoms with Gasteiger partial charge in [0.2, 0.25) is 0 Å². The lowest BCUT2D eigenvalue weighted by molar-refractivity contribution is 0.114. The molecule has 1 aromatic rings. The van der Waals surface area contributed by atoms with E-state index in [9.17, 15) is 5.11 Å². The van der Waals surface area contributed by atoms with Gasteiger partial charge in [0.05, 0.1) is 11.8 Å². The number of ether oxygens (including phenoxy) is 1. The molecule has 0 spiro atoms. The van der Waals surface area contributed by atoms with E-state index in [0.29, 0.717) is 11.7 Å². The molecule has 0 unspecified atom stereocenters. The second-order valence-corrected chi connectivity index (χ2v) is 5.32. The van der Waals surface area contributed by atoms with E-state index >= 15 is 0 Å². The molecule has 1 aromatic carbocycles. The number of nitrogens with zero attached hydrogens (tertiary/aromatic N) is 1. The van der Waals surface area contributed by atoms with Crippen molar-refractivity contribution in [2.24, 2.45) is 5.10 Å². The highest BCUT2D eigenvalue weighted by molar-refractivity contribution is 7.80. The third-order valence-corrected chi connectivity index (χ3v) is 3.58. The lowest BCUT2D eigenvalue weighted by Crippen LogP contribution is -2.37. The molecule has 0 aromatic heterocycles. The normalized spacial score (nSPS) is 18.5. The average Bonchev–Trinajstić information content (AvgIpc) is 3.01. The number of benzene rings is 1. The molecule has 1 atom stereocenters. The Kier molecular flexibility index (Phi) is 5.95. The maximum Gasteiger partial charge on any atom is 0.187 e. The monoisotopic (exact) mass is 307 g/mol. The van der Waals surface area contributed by atoms with Crippen molar-refractivity contribution in [3.8, 4) is 5.75 Å². The topological polar surface area (TPSA) is 65.9 Å². The van der Waals surface area contributed by atoms with Gasteiger partial charge >= 0.3 is 0 Å². The van der Waals surface area contributed by atoms with Crippen LogP contribution in [-0.2, 0) is 4.74 Å².